The first-order chi connectivity index (χ1) is 7.66. The molecule has 16 heavy (non-hydrogen) atoms. The molecule has 2 aliphatic rings. The van der Waals surface area contributed by atoms with Crippen LogP contribution in [-0.4, -0.2) is 46.9 Å². The van der Waals surface area contributed by atoms with Gasteiger partial charge in [-0.3, -0.25) is 4.79 Å². The van der Waals surface area contributed by atoms with E-state index in [0.29, 0.717) is 10.5 Å². The molecule has 0 amide bonds. The van der Waals surface area contributed by atoms with Gasteiger partial charge in [0, 0.05) is 5.25 Å². The minimum absolute atomic E-state index is 0.476. The van der Waals surface area contributed by atoms with Crippen LogP contribution >= 0.6 is 11.8 Å². The minimum Gasteiger partial charge on any atom is -0.480 e. The van der Waals surface area contributed by atoms with Gasteiger partial charge >= 0.3 is 5.97 Å². The first-order valence-electron chi connectivity index (χ1n) is 5.88. The second kappa shape index (κ2) is 4.94. The van der Waals surface area contributed by atoms with Crippen LogP contribution in [0.5, 0.6) is 0 Å². The maximum absolute atomic E-state index is 11.3. The zero-order chi connectivity index (χ0) is 11.6. The Hall–Kier alpha value is -0.260. The molecule has 1 saturated heterocycles. The molecule has 2 atom stereocenters. The van der Waals surface area contributed by atoms with Crippen molar-refractivity contribution < 1.29 is 14.6 Å². The number of likely N-dealkylation sites (N-methyl/N-ethyl adjacent to an activating group) is 1. The quantitative estimate of drug-likeness (QED) is 0.759. The van der Waals surface area contributed by atoms with Crippen LogP contribution in [0.2, 0.25) is 0 Å². The number of rotatable bonds is 5. The number of nitrogens with one attached hydrogen (secondary N) is 1. The van der Waals surface area contributed by atoms with Gasteiger partial charge in [-0.05, 0) is 25.8 Å². The number of carbonyl (C=O) groups is 1. The van der Waals surface area contributed by atoms with Gasteiger partial charge < -0.3 is 15.2 Å². The number of carboxylic acids is 1. The Morgan fingerprint density at radius 3 is 2.81 bits per heavy atom. The molecule has 5 heteroatoms. The molecule has 4 nitrogen and oxygen atoms in total. The van der Waals surface area contributed by atoms with Crippen LogP contribution < -0.4 is 5.32 Å². The van der Waals surface area contributed by atoms with E-state index in [1.165, 1.54) is 0 Å². The molecule has 1 aliphatic heterocycles. The Morgan fingerprint density at radius 1 is 1.56 bits per heavy atom. The predicted octanol–water partition coefficient (Wildman–Crippen LogP) is 1.10. The average molecular weight is 245 g/mol. The third-order valence-corrected chi connectivity index (χ3v) is 4.83. The van der Waals surface area contributed by atoms with E-state index >= 15 is 0 Å². The number of aliphatic carboxylic acids is 1. The lowest BCUT2D eigenvalue weighted by molar-refractivity contribution is -0.144. The second-order valence-corrected chi connectivity index (χ2v) is 6.18. The SMILES string of the molecule is CCNC1(C(=O)O)CCC(SC2COC2)C1. The zero-order valence-corrected chi connectivity index (χ0v) is 10.4. The minimum atomic E-state index is -0.692. The summed E-state index contributed by atoms with van der Waals surface area (Å²) in [6, 6.07) is 0. The van der Waals surface area contributed by atoms with Gasteiger partial charge in [-0.1, -0.05) is 6.92 Å². The van der Waals surface area contributed by atoms with Gasteiger partial charge in [0.15, 0.2) is 0 Å². The molecule has 0 radical (unpaired) electrons. The van der Waals surface area contributed by atoms with Gasteiger partial charge in [0.25, 0.3) is 0 Å². The Balaban J connectivity index is 1.89. The van der Waals surface area contributed by atoms with Crippen molar-refractivity contribution in [2.24, 2.45) is 0 Å². The summed E-state index contributed by atoms with van der Waals surface area (Å²) in [5.74, 6) is -0.692. The summed E-state index contributed by atoms with van der Waals surface area (Å²) in [5.41, 5.74) is -0.670. The van der Waals surface area contributed by atoms with Crippen LogP contribution in [0.1, 0.15) is 26.2 Å². The third-order valence-electron chi connectivity index (χ3n) is 3.39. The maximum Gasteiger partial charge on any atom is 0.323 e. The average Bonchev–Trinajstić information content (AvgIpc) is 2.57. The number of thioether (sulfide) groups is 1. The highest BCUT2D eigenvalue weighted by Gasteiger charge is 2.45. The van der Waals surface area contributed by atoms with Crippen molar-refractivity contribution in [3.05, 3.63) is 0 Å². The van der Waals surface area contributed by atoms with E-state index in [1.54, 1.807) is 0 Å². The summed E-state index contributed by atoms with van der Waals surface area (Å²) in [4.78, 5) is 11.3. The fraction of sp³-hybridized carbons (Fsp3) is 0.909. The van der Waals surface area contributed by atoms with E-state index in [4.69, 9.17) is 4.74 Å². The molecular weight excluding hydrogens is 226 g/mol. The van der Waals surface area contributed by atoms with E-state index in [-0.39, 0.29) is 0 Å². The van der Waals surface area contributed by atoms with Crippen LogP contribution in [0.4, 0.5) is 0 Å². The molecule has 2 unspecified atom stereocenters. The maximum atomic E-state index is 11.3. The molecule has 1 saturated carbocycles. The Bertz CT molecular complexity index is 270. The number of hydrogen-bond donors (Lipinski definition) is 2. The summed E-state index contributed by atoms with van der Waals surface area (Å²) >= 11 is 1.91. The summed E-state index contributed by atoms with van der Waals surface area (Å²) < 4.78 is 5.14. The lowest BCUT2D eigenvalue weighted by atomic mass is 9.98. The first kappa shape index (κ1) is 12.2. The molecule has 92 valence electrons. The van der Waals surface area contributed by atoms with E-state index in [9.17, 15) is 9.90 Å². The molecule has 1 heterocycles. The third kappa shape index (κ3) is 2.36. The molecule has 0 bridgehead atoms. The molecule has 0 aromatic rings. The Kier molecular flexibility index (Phi) is 3.77. The van der Waals surface area contributed by atoms with Gasteiger partial charge in [0.2, 0.25) is 0 Å². The fourth-order valence-corrected chi connectivity index (χ4v) is 3.98. The van der Waals surface area contributed by atoms with Crippen molar-refractivity contribution in [3.63, 3.8) is 0 Å². The van der Waals surface area contributed by atoms with E-state index in [0.717, 1.165) is 39.0 Å². The Labute approximate surface area is 100 Å². The standard InChI is InChI=1S/C11H19NO3S/c1-2-12-11(10(13)14)4-3-8(5-11)16-9-6-15-7-9/h8-9,12H,2-7H2,1H3,(H,13,14). The normalized spacial score (nSPS) is 34.9. The van der Waals surface area contributed by atoms with Crippen molar-refractivity contribution in [1.82, 2.24) is 5.32 Å². The van der Waals surface area contributed by atoms with Crippen LogP contribution in [0.15, 0.2) is 0 Å². The van der Waals surface area contributed by atoms with Crippen LogP contribution in [0.3, 0.4) is 0 Å². The van der Waals surface area contributed by atoms with Crippen molar-refractivity contribution in [3.8, 4) is 0 Å². The van der Waals surface area contributed by atoms with Crippen molar-refractivity contribution in [2.45, 2.75) is 42.2 Å². The fourth-order valence-electron chi connectivity index (χ4n) is 2.45. The highest BCUT2D eigenvalue weighted by atomic mass is 32.2. The molecule has 0 spiro atoms. The highest BCUT2D eigenvalue weighted by molar-refractivity contribution is 8.00. The highest BCUT2D eigenvalue weighted by Crippen LogP contribution is 2.40. The number of ether oxygens (including phenoxy) is 1. The van der Waals surface area contributed by atoms with Crippen LogP contribution in [0, 0.1) is 0 Å². The van der Waals surface area contributed by atoms with Crippen molar-refractivity contribution in [1.29, 1.82) is 0 Å². The largest absolute Gasteiger partial charge is 0.480 e. The van der Waals surface area contributed by atoms with E-state index < -0.39 is 11.5 Å². The first-order valence-corrected chi connectivity index (χ1v) is 6.82. The van der Waals surface area contributed by atoms with Gasteiger partial charge in [-0.15, -0.1) is 0 Å². The van der Waals surface area contributed by atoms with Crippen molar-refractivity contribution in [2.75, 3.05) is 19.8 Å². The lowest BCUT2D eigenvalue weighted by Crippen LogP contribution is -2.50. The Morgan fingerprint density at radius 2 is 2.31 bits per heavy atom. The van der Waals surface area contributed by atoms with Crippen LogP contribution in [0.25, 0.3) is 0 Å². The van der Waals surface area contributed by atoms with Crippen molar-refractivity contribution >= 4 is 17.7 Å². The van der Waals surface area contributed by atoms with E-state index in [1.807, 2.05) is 18.7 Å². The summed E-state index contributed by atoms with van der Waals surface area (Å²) in [7, 11) is 0. The lowest BCUT2D eigenvalue weighted by Gasteiger charge is -2.29. The van der Waals surface area contributed by atoms with Gasteiger partial charge in [-0.25, -0.2) is 0 Å². The monoisotopic (exact) mass is 245 g/mol. The smallest absolute Gasteiger partial charge is 0.323 e. The predicted molar refractivity (Wildman–Crippen MR) is 63.9 cm³/mol. The molecule has 2 rings (SSSR count). The summed E-state index contributed by atoms with van der Waals surface area (Å²) in [6.45, 7) is 4.35. The summed E-state index contributed by atoms with van der Waals surface area (Å²) in [6.07, 6.45) is 2.50. The van der Waals surface area contributed by atoms with Gasteiger partial charge in [0.05, 0.1) is 18.5 Å². The topological polar surface area (TPSA) is 58.6 Å². The number of hydrogen-bond acceptors (Lipinski definition) is 4. The second-order valence-electron chi connectivity index (χ2n) is 4.58. The molecule has 0 aromatic carbocycles. The zero-order valence-electron chi connectivity index (χ0n) is 9.57. The number of carboxylic acid groups (broad SMARTS) is 1. The molecular formula is C11H19NO3S. The van der Waals surface area contributed by atoms with Crippen LogP contribution in [-0.2, 0) is 9.53 Å². The molecule has 2 N–H and O–H groups in total. The molecule has 1 aliphatic carbocycles. The molecule has 0 aromatic heterocycles. The van der Waals surface area contributed by atoms with Gasteiger partial charge in [-0.2, -0.15) is 11.8 Å². The van der Waals surface area contributed by atoms with E-state index in [2.05, 4.69) is 5.32 Å². The summed E-state index contributed by atoms with van der Waals surface area (Å²) in [5, 5.41) is 13.5. The van der Waals surface area contributed by atoms with Gasteiger partial charge in [0.1, 0.15) is 5.54 Å². The molecule has 2 fully saturated rings.